The molecule has 1 heterocycles. The lowest BCUT2D eigenvalue weighted by atomic mass is 9.75. The molecule has 0 saturated carbocycles. The molecule has 1 saturated heterocycles. The van der Waals surface area contributed by atoms with Crippen molar-refractivity contribution >= 4 is 31.7 Å². The van der Waals surface area contributed by atoms with E-state index < -0.39 is 8.32 Å². The molecule has 0 radical (unpaired) electrons. The van der Waals surface area contributed by atoms with Gasteiger partial charge in [-0.2, -0.15) is 0 Å². The van der Waals surface area contributed by atoms with Gasteiger partial charge in [-0.15, -0.1) is 0 Å². The third kappa shape index (κ3) is 4.34. The summed E-state index contributed by atoms with van der Waals surface area (Å²) in [5.74, 6) is 0. The normalized spacial score (nSPS) is 19.1. The van der Waals surface area contributed by atoms with Gasteiger partial charge >= 0.3 is 7.12 Å². The molecule has 2 aromatic rings. The van der Waals surface area contributed by atoms with E-state index in [-0.39, 0.29) is 23.4 Å². The number of fused-ring (bicyclic) bond motifs is 1. The fourth-order valence-corrected chi connectivity index (χ4v) is 4.50. The van der Waals surface area contributed by atoms with Gasteiger partial charge in [0, 0.05) is 6.61 Å². The first kappa shape index (κ1) is 22.5. The highest BCUT2D eigenvalue weighted by atomic mass is 28.4. The van der Waals surface area contributed by atoms with Gasteiger partial charge in [0.25, 0.3) is 0 Å². The second-order valence-corrected chi connectivity index (χ2v) is 15.6. The summed E-state index contributed by atoms with van der Waals surface area (Å²) in [6, 6.07) is 12.9. The number of hydrogen-bond acceptors (Lipinski definition) is 3. The van der Waals surface area contributed by atoms with Crippen molar-refractivity contribution in [3.8, 4) is 0 Å². The fraction of sp³-hybridized carbons (Fsp3) is 0.583. The van der Waals surface area contributed by atoms with Gasteiger partial charge in [-0.1, -0.05) is 57.2 Å². The maximum Gasteiger partial charge on any atom is 0.495 e. The zero-order valence-corrected chi connectivity index (χ0v) is 20.7. The topological polar surface area (TPSA) is 27.7 Å². The smallest absolute Gasteiger partial charge is 0.416 e. The SMILES string of the molecule is CC1(C)OB(c2cccc3cccc(CCO[Si](C)(C)C(C)(C)C)c23)OC1(C)C. The Morgan fingerprint density at radius 2 is 1.48 bits per heavy atom. The molecule has 1 aliphatic heterocycles. The molecule has 158 valence electrons. The zero-order chi connectivity index (χ0) is 21.7. The third-order valence-corrected chi connectivity index (χ3v) is 11.7. The molecule has 3 rings (SSSR count). The van der Waals surface area contributed by atoms with Crippen molar-refractivity contribution in [3.05, 3.63) is 42.0 Å². The largest absolute Gasteiger partial charge is 0.495 e. The van der Waals surface area contributed by atoms with Gasteiger partial charge in [-0.05, 0) is 74.0 Å². The predicted molar refractivity (Wildman–Crippen MR) is 127 cm³/mol. The molecule has 2 aromatic carbocycles. The van der Waals surface area contributed by atoms with E-state index in [0.717, 1.165) is 18.5 Å². The Labute approximate surface area is 178 Å². The lowest BCUT2D eigenvalue weighted by molar-refractivity contribution is 0.00578. The van der Waals surface area contributed by atoms with Crippen LogP contribution in [0.4, 0.5) is 0 Å². The van der Waals surface area contributed by atoms with Crippen LogP contribution in [0.25, 0.3) is 10.8 Å². The minimum Gasteiger partial charge on any atom is -0.416 e. The molecule has 5 heteroatoms. The molecule has 0 bridgehead atoms. The molecular weight excluding hydrogens is 375 g/mol. The average molecular weight is 412 g/mol. The highest BCUT2D eigenvalue weighted by Crippen LogP contribution is 2.38. The summed E-state index contributed by atoms with van der Waals surface area (Å²) in [5.41, 5.74) is 1.72. The quantitative estimate of drug-likeness (QED) is 0.590. The summed E-state index contributed by atoms with van der Waals surface area (Å²) in [4.78, 5) is 0. The van der Waals surface area contributed by atoms with Gasteiger partial charge in [0.2, 0.25) is 0 Å². The third-order valence-electron chi connectivity index (χ3n) is 7.17. The van der Waals surface area contributed by atoms with Gasteiger partial charge in [-0.3, -0.25) is 0 Å². The van der Waals surface area contributed by atoms with Gasteiger partial charge in [0.05, 0.1) is 11.2 Å². The van der Waals surface area contributed by atoms with E-state index in [4.69, 9.17) is 13.7 Å². The first-order chi connectivity index (χ1) is 13.3. The van der Waals surface area contributed by atoms with Crippen LogP contribution >= 0.6 is 0 Å². The lowest BCUT2D eigenvalue weighted by Gasteiger charge is -2.36. The van der Waals surface area contributed by atoms with E-state index in [0.29, 0.717) is 0 Å². The average Bonchev–Trinajstić information content (AvgIpc) is 2.81. The zero-order valence-electron chi connectivity index (χ0n) is 19.7. The number of rotatable bonds is 5. The summed E-state index contributed by atoms with van der Waals surface area (Å²) in [6.07, 6.45) is 0.889. The van der Waals surface area contributed by atoms with E-state index in [9.17, 15) is 0 Å². The predicted octanol–water partition coefficient (Wildman–Crippen LogP) is 5.70. The second-order valence-electron chi connectivity index (χ2n) is 10.8. The molecular formula is C24H37BO3Si. The van der Waals surface area contributed by atoms with Crippen LogP contribution < -0.4 is 5.46 Å². The summed E-state index contributed by atoms with van der Waals surface area (Å²) >= 11 is 0. The van der Waals surface area contributed by atoms with E-state index in [1.54, 1.807) is 0 Å². The standard InChI is InChI=1S/C24H37BO3Si/c1-22(2,3)29(8,9)26-17-16-19-13-10-12-18-14-11-15-20(21(18)19)25-27-23(4,5)24(6,7)28-25/h10-15H,16-17H2,1-9H3. The van der Waals surface area contributed by atoms with Crippen LogP contribution in [0.5, 0.6) is 0 Å². The van der Waals surface area contributed by atoms with E-state index >= 15 is 0 Å². The van der Waals surface area contributed by atoms with Crippen molar-refractivity contribution in [2.75, 3.05) is 6.61 Å². The van der Waals surface area contributed by atoms with Crippen molar-refractivity contribution in [1.82, 2.24) is 0 Å². The van der Waals surface area contributed by atoms with Crippen LogP contribution in [-0.4, -0.2) is 33.2 Å². The minimum atomic E-state index is -1.75. The molecule has 0 atom stereocenters. The van der Waals surface area contributed by atoms with Gasteiger partial charge in [-0.25, -0.2) is 0 Å². The number of benzene rings is 2. The molecule has 0 amide bonds. The molecule has 0 aliphatic carbocycles. The summed E-state index contributed by atoms with van der Waals surface area (Å²) in [7, 11) is -2.11. The Balaban J connectivity index is 1.91. The highest BCUT2D eigenvalue weighted by molar-refractivity contribution is 6.74. The molecule has 0 aromatic heterocycles. The molecule has 29 heavy (non-hydrogen) atoms. The van der Waals surface area contributed by atoms with Gasteiger partial charge < -0.3 is 13.7 Å². The maximum atomic E-state index is 6.45. The molecule has 0 unspecified atom stereocenters. The first-order valence-electron chi connectivity index (χ1n) is 10.8. The molecule has 3 nitrogen and oxygen atoms in total. The Kier molecular flexibility index (Phi) is 5.85. The van der Waals surface area contributed by atoms with Crippen molar-refractivity contribution in [3.63, 3.8) is 0 Å². The highest BCUT2D eigenvalue weighted by Gasteiger charge is 2.52. The van der Waals surface area contributed by atoms with Crippen molar-refractivity contribution in [1.29, 1.82) is 0 Å². The van der Waals surface area contributed by atoms with E-state index in [1.807, 2.05) is 0 Å². The van der Waals surface area contributed by atoms with Crippen molar-refractivity contribution in [2.45, 2.75) is 84.2 Å². The molecule has 0 N–H and O–H groups in total. The maximum absolute atomic E-state index is 6.45. The Hall–Kier alpha value is -1.14. The van der Waals surface area contributed by atoms with Crippen LogP contribution in [0.2, 0.25) is 18.1 Å². The number of hydrogen-bond donors (Lipinski definition) is 0. The van der Waals surface area contributed by atoms with Gasteiger partial charge in [0.15, 0.2) is 8.32 Å². The van der Waals surface area contributed by atoms with Gasteiger partial charge in [0.1, 0.15) is 0 Å². The van der Waals surface area contributed by atoms with Crippen molar-refractivity contribution < 1.29 is 13.7 Å². The monoisotopic (exact) mass is 412 g/mol. The van der Waals surface area contributed by atoms with Crippen LogP contribution in [0.1, 0.15) is 54.0 Å². The summed E-state index contributed by atoms with van der Waals surface area (Å²) in [6.45, 7) is 20.6. The summed E-state index contributed by atoms with van der Waals surface area (Å²) < 4.78 is 19.2. The Morgan fingerprint density at radius 3 is 2.03 bits per heavy atom. The van der Waals surface area contributed by atoms with Crippen LogP contribution in [0.3, 0.4) is 0 Å². The molecule has 1 aliphatic rings. The Morgan fingerprint density at radius 1 is 0.931 bits per heavy atom. The van der Waals surface area contributed by atoms with Crippen LogP contribution in [0, 0.1) is 0 Å². The van der Waals surface area contributed by atoms with E-state index in [2.05, 4.69) is 98.0 Å². The van der Waals surface area contributed by atoms with Crippen LogP contribution in [-0.2, 0) is 20.2 Å². The van der Waals surface area contributed by atoms with E-state index in [1.165, 1.54) is 16.3 Å². The minimum absolute atomic E-state index is 0.222. The molecule has 0 spiro atoms. The fourth-order valence-electron chi connectivity index (χ4n) is 3.46. The molecule has 1 fully saturated rings. The van der Waals surface area contributed by atoms with Crippen molar-refractivity contribution in [2.24, 2.45) is 0 Å². The Bertz CT molecular complexity index is 862. The first-order valence-corrected chi connectivity index (χ1v) is 13.7. The summed E-state index contributed by atoms with van der Waals surface area (Å²) in [5, 5.41) is 2.69. The van der Waals surface area contributed by atoms with Crippen LogP contribution in [0.15, 0.2) is 36.4 Å². The second kappa shape index (κ2) is 7.53. The lowest BCUT2D eigenvalue weighted by Crippen LogP contribution is -2.41.